The molecule has 2 rings (SSSR count). The summed E-state index contributed by atoms with van der Waals surface area (Å²) in [6, 6.07) is 4.93. The molecule has 1 unspecified atom stereocenters. The number of rotatable bonds is 8. The van der Waals surface area contributed by atoms with Crippen molar-refractivity contribution in [3.8, 4) is 0 Å². The first-order valence-corrected chi connectivity index (χ1v) is 9.23. The molecule has 156 valence electrons. The molecule has 1 saturated heterocycles. The van der Waals surface area contributed by atoms with E-state index in [4.69, 9.17) is 4.74 Å². The quantitative estimate of drug-likeness (QED) is 0.511. The van der Waals surface area contributed by atoms with Gasteiger partial charge in [-0.3, -0.25) is 19.3 Å². The van der Waals surface area contributed by atoms with Gasteiger partial charge in [-0.15, -0.1) is 0 Å². The van der Waals surface area contributed by atoms with E-state index in [1.54, 1.807) is 0 Å². The van der Waals surface area contributed by atoms with Gasteiger partial charge in [0.1, 0.15) is 6.04 Å². The summed E-state index contributed by atoms with van der Waals surface area (Å²) >= 11 is 0. The molecule has 3 amide bonds. The minimum atomic E-state index is -0.818. The van der Waals surface area contributed by atoms with Crippen LogP contribution in [0.4, 0.5) is 5.69 Å². The van der Waals surface area contributed by atoms with Crippen molar-refractivity contribution in [1.82, 2.24) is 5.32 Å². The van der Waals surface area contributed by atoms with Crippen LogP contribution in [0.5, 0.6) is 0 Å². The van der Waals surface area contributed by atoms with E-state index in [0.717, 1.165) is 4.90 Å². The zero-order chi connectivity index (χ0) is 21.6. The largest absolute Gasteiger partial charge is 0.467 e. The molecule has 0 aromatic heterocycles. The van der Waals surface area contributed by atoms with E-state index in [1.807, 2.05) is 13.8 Å². The Morgan fingerprint density at radius 1 is 1.07 bits per heavy atom. The fraction of sp³-hybridized carbons (Fsp3) is 0.450. The number of carbonyl (C=O) groups is 5. The van der Waals surface area contributed by atoms with Gasteiger partial charge < -0.3 is 14.8 Å². The SMILES string of the molecule is COC(=O)C(CC(C)C)NC(=O)COC(=O)c1ccc(N2C(=O)CCC2=O)cc1. The fourth-order valence-electron chi connectivity index (χ4n) is 2.89. The lowest BCUT2D eigenvalue weighted by Gasteiger charge is -2.18. The molecule has 0 saturated carbocycles. The van der Waals surface area contributed by atoms with Gasteiger partial charge >= 0.3 is 11.9 Å². The first-order valence-electron chi connectivity index (χ1n) is 9.23. The highest BCUT2D eigenvalue weighted by Gasteiger charge is 2.30. The Morgan fingerprint density at radius 3 is 2.17 bits per heavy atom. The molecule has 1 N–H and O–H groups in total. The molecule has 1 heterocycles. The number of imide groups is 1. The van der Waals surface area contributed by atoms with Gasteiger partial charge in [0.15, 0.2) is 6.61 Å². The van der Waals surface area contributed by atoms with Crippen LogP contribution in [0.15, 0.2) is 24.3 Å². The molecule has 0 spiro atoms. The van der Waals surface area contributed by atoms with Crippen molar-refractivity contribution in [2.24, 2.45) is 5.92 Å². The van der Waals surface area contributed by atoms with Gasteiger partial charge in [0.2, 0.25) is 11.8 Å². The number of methoxy groups -OCH3 is 1. The lowest BCUT2D eigenvalue weighted by atomic mass is 10.0. The smallest absolute Gasteiger partial charge is 0.338 e. The number of ether oxygens (including phenoxy) is 2. The van der Waals surface area contributed by atoms with Crippen molar-refractivity contribution in [2.75, 3.05) is 18.6 Å². The van der Waals surface area contributed by atoms with E-state index in [1.165, 1.54) is 31.4 Å². The van der Waals surface area contributed by atoms with Crippen LogP contribution >= 0.6 is 0 Å². The van der Waals surface area contributed by atoms with Crippen molar-refractivity contribution < 1.29 is 33.4 Å². The van der Waals surface area contributed by atoms with Crippen molar-refractivity contribution in [3.63, 3.8) is 0 Å². The number of amides is 3. The molecule has 0 bridgehead atoms. The number of nitrogens with one attached hydrogen (secondary N) is 1. The average Bonchev–Trinajstić information content (AvgIpc) is 3.03. The van der Waals surface area contributed by atoms with Crippen LogP contribution in [0.25, 0.3) is 0 Å². The number of esters is 2. The first-order chi connectivity index (χ1) is 13.7. The molecule has 1 fully saturated rings. The Labute approximate surface area is 168 Å². The van der Waals surface area contributed by atoms with Crippen LogP contribution in [-0.2, 0) is 28.7 Å². The minimum Gasteiger partial charge on any atom is -0.467 e. The van der Waals surface area contributed by atoms with Gasteiger partial charge in [0.05, 0.1) is 18.4 Å². The number of hydrogen-bond donors (Lipinski definition) is 1. The third-order valence-electron chi connectivity index (χ3n) is 4.28. The summed E-state index contributed by atoms with van der Waals surface area (Å²) < 4.78 is 9.63. The van der Waals surface area contributed by atoms with E-state index >= 15 is 0 Å². The van der Waals surface area contributed by atoms with Crippen molar-refractivity contribution >= 4 is 35.3 Å². The predicted octanol–water partition coefficient (Wildman–Crippen LogP) is 1.20. The maximum atomic E-state index is 12.1. The molecule has 29 heavy (non-hydrogen) atoms. The highest BCUT2D eigenvalue weighted by atomic mass is 16.5. The second-order valence-electron chi connectivity index (χ2n) is 7.02. The Hall–Kier alpha value is -3.23. The van der Waals surface area contributed by atoms with Gasteiger partial charge in [-0.05, 0) is 36.6 Å². The maximum absolute atomic E-state index is 12.1. The molecule has 1 aliphatic heterocycles. The zero-order valence-electron chi connectivity index (χ0n) is 16.6. The summed E-state index contributed by atoms with van der Waals surface area (Å²) in [4.78, 5) is 60.4. The molecule has 1 aromatic carbocycles. The Bertz CT molecular complexity index is 786. The van der Waals surface area contributed by atoms with E-state index < -0.39 is 30.5 Å². The fourth-order valence-corrected chi connectivity index (χ4v) is 2.89. The highest BCUT2D eigenvalue weighted by molar-refractivity contribution is 6.19. The molecule has 1 aromatic rings. The van der Waals surface area contributed by atoms with E-state index in [2.05, 4.69) is 10.1 Å². The summed E-state index contributed by atoms with van der Waals surface area (Å²) in [5.74, 6) is -2.37. The van der Waals surface area contributed by atoms with Crippen LogP contribution in [0.2, 0.25) is 0 Å². The minimum absolute atomic E-state index is 0.148. The number of hydrogen-bond acceptors (Lipinski definition) is 7. The van der Waals surface area contributed by atoms with E-state index in [9.17, 15) is 24.0 Å². The molecular formula is C20H24N2O7. The predicted molar refractivity (Wildman–Crippen MR) is 102 cm³/mol. The number of anilines is 1. The van der Waals surface area contributed by atoms with Crippen LogP contribution < -0.4 is 10.2 Å². The molecule has 9 nitrogen and oxygen atoms in total. The Balaban J connectivity index is 1.91. The van der Waals surface area contributed by atoms with Gasteiger partial charge in [-0.2, -0.15) is 0 Å². The molecule has 9 heteroatoms. The topological polar surface area (TPSA) is 119 Å². The third kappa shape index (κ3) is 5.87. The number of benzene rings is 1. The lowest BCUT2D eigenvalue weighted by molar-refractivity contribution is -0.145. The van der Waals surface area contributed by atoms with Crippen LogP contribution in [0.1, 0.15) is 43.5 Å². The first kappa shape index (κ1) is 22.1. The van der Waals surface area contributed by atoms with Gasteiger partial charge in [-0.1, -0.05) is 13.8 Å². The monoisotopic (exact) mass is 404 g/mol. The standard InChI is InChI=1S/C20H24N2O7/c1-12(2)10-15(20(27)28-3)21-16(23)11-29-19(26)13-4-6-14(7-5-13)22-17(24)8-9-18(22)25/h4-7,12,15H,8-11H2,1-3H3,(H,21,23). The van der Waals surface area contributed by atoms with Crippen molar-refractivity contribution in [2.45, 2.75) is 39.2 Å². The summed E-state index contributed by atoms with van der Waals surface area (Å²) in [5.41, 5.74) is 0.536. The molecule has 0 radical (unpaired) electrons. The number of nitrogens with zero attached hydrogens (tertiary/aromatic N) is 1. The second-order valence-corrected chi connectivity index (χ2v) is 7.02. The maximum Gasteiger partial charge on any atom is 0.338 e. The van der Waals surface area contributed by atoms with Gasteiger partial charge in [0, 0.05) is 12.8 Å². The summed E-state index contributed by atoms with van der Waals surface area (Å²) in [7, 11) is 1.23. The summed E-state index contributed by atoms with van der Waals surface area (Å²) in [6.07, 6.45) is 0.726. The molecule has 1 atom stereocenters. The third-order valence-corrected chi connectivity index (χ3v) is 4.28. The zero-order valence-corrected chi connectivity index (χ0v) is 16.6. The number of carbonyl (C=O) groups excluding carboxylic acids is 5. The van der Waals surface area contributed by atoms with E-state index in [-0.39, 0.29) is 36.1 Å². The molecule has 1 aliphatic rings. The average molecular weight is 404 g/mol. The van der Waals surface area contributed by atoms with E-state index in [0.29, 0.717) is 12.1 Å². The normalized spacial score (nSPS) is 14.7. The Morgan fingerprint density at radius 2 is 1.66 bits per heavy atom. The molecule has 0 aliphatic carbocycles. The summed E-state index contributed by atoms with van der Waals surface area (Å²) in [6.45, 7) is 3.24. The lowest BCUT2D eigenvalue weighted by Crippen LogP contribution is -2.44. The van der Waals surface area contributed by atoms with Crippen LogP contribution in [0, 0.1) is 5.92 Å². The van der Waals surface area contributed by atoms with Crippen LogP contribution in [-0.4, -0.2) is 49.4 Å². The molecular weight excluding hydrogens is 380 g/mol. The Kier molecular flexibility index (Phi) is 7.46. The van der Waals surface area contributed by atoms with Crippen molar-refractivity contribution in [3.05, 3.63) is 29.8 Å². The van der Waals surface area contributed by atoms with Gasteiger partial charge in [-0.25, -0.2) is 9.59 Å². The van der Waals surface area contributed by atoms with Gasteiger partial charge in [0.25, 0.3) is 5.91 Å². The summed E-state index contributed by atoms with van der Waals surface area (Å²) in [5, 5.41) is 2.49. The van der Waals surface area contributed by atoms with Crippen LogP contribution in [0.3, 0.4) is 0 Å². The highest BCUT2D eigenvalue weighted by Crippen LogP contribution is 2.22. The van der Waals surface area contributed by atoms with Crippen molar-refractivity contribution in [1.29, 1.82) is 0 Å². The second kappa shape index (κ2) is 9.81.